The van der Waals surface area contributed by atoms with Gasteiger partial charge in [-0.25, -0.2) is 14.4 Å². The summed E-state index contributed by atoms with van der Waals surface area (Å²) < 4.78 is 4.78. The molecule has 0 saturated carbocycles. The molecule has 0 unspecified atom stereocenters. The van der Waals surface area contributed by atoms with E-state index in [0.717, 1.165) is 22.7 Å². The first kappa shape index (κ1) is 15.9. The van der Waals surface area contributed by atoms with Crippen LogP contribution in [0.2, 0.25) is 0 Å². The SMILES string of the molecule is O=COc1csc2c(C(=O)O)c3c(C(=O)O)csc3c(C(=O)O)c12. The molecule has 24 heavy (non-hydrogen) atoms. The second kappa shape index (κ2) is 5.58. The molecule has 0 radical (unpaired) electrons. The fourth-order valence-electron chi connectivity index (χ4n) is 2.48. The lowest BCUT2D eigenvalue weighted by Crippen LogP contribution is -2.06. The maximum absolute atomic E-state index is 11.7. The summed E-state index contributed by atoms with van der Waals surface area (Å²) in [5.74, 6) is -4.23. The van der Waals surface area contributed by atoms with E-state index in [0.29, 0.717) is 0 Å². The zero-order valence-corrected chi connectivity index (χ0v) is 13.1. The Morgan fingerprint density at radius 2 is 1.42 bits per heavy atom. The number of fused-ring (bicyclic) bond motifs is 2. The van der Waals surface area contributed by atoms with Gasteiger partial charge in [-0.05, 0) is 0 Å². The highest BCUT2D eigenvalue weighted by atomic mass is 32.1. The molecule has 0 atom stereocenters. The van der Waals surface area contributed by atoms with Crippen LogP contribution in [0.3, 0.4) is 0 Å². The number of hydrogen-bond donors (Lipinski definition) is 3. The van der Waals surface area contributed by atoms with Crippen LogP contribution in [0, 0.1) is 0 Å². The largest absolute Gasteiger partial charge is 0.478 e. The zero-order chi connectivity index (χ0) is 17.6. The maximum Gasteiger partial charge on any atom is 0.337 e. The van der Waals surface area contributed by atoms with Crippen molar-refractivity contribution in [3.05, 3.63) is 27.5 Å². The Balaban J connectivity index is 2.65. The minimum Gasteiger partial charge on any atom is -0.478 e. The van der Waals surface area contributed by atoms with Crippen molar-refractivity contribution in [2.45, 2.75) is 0 Å². The maximum atomic E-state index is 11.7. The van der Waals surface area contributed by atoms with E-state index in [4.69, 9.17) is 4.74 Å². The Morgan fingerprint density at radius 1 is 0.875 bits per heavy atom. The molecule has 0 amide bonds. The zero-order valence-electron chi connectivity index (χ0n) is 11.4. The summed E-state index contributed by atoms with van der Waals surface area (Å²) in [7, 11) is 0. The number of rotatable bonds is 5. The number of carboxylic acids is 3. The predicted octanol–water partition coefficient (Wildman–Crippen LogP) is 2.75. The van der Waals surface area contributed by atoms with Crippen LogP contribution in [0.1, 0.15) is 31.1 Å². The molecule has 3 rings (SSSR count). The van der Waals surface area contributed by atoms with Crippen LogP contribution in [0.25, 0.3) is 20.2 Å². The molecule has 0 aliphatic carbocycles. The molecule has 0 saturated heterocycles. The van der Waals surface area contributed by atoms with Crippen LogP contribution in [-0.2, 0) is 4.79 Å². The van der Waals surface area contributed by atoms with E-state index in [-0.39, 0.29) is 49.1 Å². The van der Waals surface area contributed by atoms with Crippen LogP contribution >= 0.6 is 22.7 Å². The molecule has 3 N–H and O–H groups in total. The predicted molar refractivity (Wildman–Crippen MR) is 84.8 cm³/mol. The molecule has 0 spiro atoms. The number of ether oxygens (including phenoxy) is 1. The second-order valence-corrected chi connectivity index (χ2v) is 6.30. The van der Waals surface area contributed by atoms with Gasteiger partial charge < -0.3 is 20.1 Å². The number of thiophene rings is 2. The molecule has 8 nitrogen and oxygen atoms in total. The van der Waals surface area contributed by atoms with Crippen molar-refractivity contribution < 1.29 is 39.2 Å². The average Bonchev–Trinajstić information content (AvgIpc) is 3.09. The highest BCUT2D eigenvalue weighted by Crippen LogP contribution is 2.45. The number of carbonyl (C=O) groups is 4. The third-order valence-corrected chi connectivity index (χ3v) is 5.31. The highest BCUT2D eigenvalue weighted by molar-refractivity contribution is 7.20. The lowest BCUT2D eigenvalue weighted by atomic mass is 9.99. The normalized spacial score (nSPS) is 10.8. The molecule has 122 valence electrons. The minimum atomic E-state index is -1.40. The van der Waals surface area contributed by atoms with Gasteiger partial charge in [0.15, 0.2) is 0 Å². The smallest absolute Gasteiger partial charge is 0.337 e. The van der Waals surface area contributed by atoms with Crippen LogP contribution in [0.5, 0.6) is 5.75 Å². The fourth-order valence-corrected chi connectivity index (χ4v) is 4.60. The molecule has 1 aromatic carbocycles. The Kier molecular flexibility index (Phi) is 3.70. The molecule has 2 heterocycles. The van der Waals surface area contributed by atoms with Gasteiger partial charge in [-0.3, -0.25) is 4.79 Å². The van der Waals surface area contributed by atoms with Gasteiger partial charge >= 0.3 is 17.9 Å². The molecule has 2 aromatic heterocycles. The van der Waals surface area contributed by atoms with Crippen LogP contribution in [0.15, 0.2) is 10.8 Å². The van der Waals surface area contributed by atoms with Crippen molar-refractivity contribution in [1.29, 1.82) is 0 Å². The summed E-state index contributed by atoms with van der Waals surface area (Å²) in [4.78, 5) is 45.4. The summed E-state index contributed by atoms with van der Waals surface area (Å²) >= 11 is 1.67. The van der Waals surface area contributed by atoms with E-state index in [1.807, 2.05) is 0 Å². The molecule has 0 bridgehead atoms. The van der Waals surface area contributed by atoms with Gasteiger partial charge in [0.05, 0.1) is 31.5 Å². The molecule has 3 aromatic rings. The Morgan fingerprint density at radius 3 is 1.96 bits per heavy atom. The Bertz CT molecular complexity index is 1040. The van der Waals surface area contributed by atoms with Gasteiger partial charge in [-0.15, -0.1) is 22.7 Å². The number of carbonyl (C=O) groups excluding carboxylic acids is 1. The van der Waals surface area contributed by atoms with Crippen molar-refractivity contribution >= 4 is 67.2 Å². The Hall–Kier alpha value is -2.98. The number of benzene rings is 1. The number of aromatic carboxylic acids is 3. The molecule has 0 fully saturated rings. The quantitative estimate of drug-likeness (QED) is 0.586. The lowest BCUT2D eigenvalue weighted by molar-refractivity contribution is -0.120. The fraction of sp³-hybridized carbons (Fsp3) is 0. The molecular weight excluding hydrogens is 360 g/mol. The number of hydrogen-bond acceptors (Lipinski definition) is 7. The summed E-state index contributed by atoms with van der Waals surface area (Å²) in [5.41, 5.74) is -0.905. The van der Waals surface area contributed by atoms with Crippen molar-refractivity contribution in [3.8, 4) is 5.75 Å². The second-order valence-electron chi connectivity index (χ2n) is 4.54. The summed E-state index contributed by atoms with van der Waals surface area (Å²) in [6.07, 6.45) is 0. The van der Waals surface area contributed by atoms with Gasteiger partial charge in [-0.1, -0.05) is 0 Å². The van der Waals surface area contributed by atoms with Gasteiger partial charge in [0.2, 0.25) is 0 Å². The van der Waals surface area contributed by atoms with Gasteiger partial charge in [0.25, 0.3) is 6.47 Å². The molecule has 0 aliphatic heterocycles. The van der Waals surface area contributed by atoms with Crippen molar-refractivity contribution in [1.82, 2.24) is 0 Å². The monoisotopic (exact) mass is 366 g/mol. The lowest BCUT2D eigenvalue weighted by Gasteiger charge is -2.07. The first-order chi connectivity index (χ1) is 11.4. The van der Waals surface area contributed by atoms with E-state index < -0.39 is 17.9 Å². The van der Waals surface area contributed by atoms with Gasteiger partial charge in [-0.2, -0.15) is 0 Å². The highest BCUT2D eigenvalue weighted by Gasteiger charge is 2.30. The molecular formula is C14H6O8S2. The first-order valence-corrected chi connectivity index (χ1v) is 7.93. The standard InChI is InChI=1S/C14H6O8S2/c15-3-22-5-2-24-11-7(5)9(14(20)21)10-6(8(11)13(18)19)4(1-23-10)12(16)17/h1-3H,(H,16,17)(H,18,19)(H,20,21). The van der Waals surface area contributed by atoms with Crippen molar-refractivity contribution in [3.63, 3.8) is 0 Å². The van der Waals surface area contributed by atoms with E-state index in [1.165, 1.54) is 10.8 Å². The van der Waals surface area contributed by atoms with Crippen molar-refractivity contribution in [2.75, 3.05) is 0 Å². The molecule has 10 heteroatoms. The third kappa shape index (κ3) is 2.12. The minimum absolute atomic E-state index is 0.000973. The van der Waals surface area contributed by atoms with E-state index in [9.17, 15) is 34.5 Å². The van der Waals surface area contributed by atoms with E-state index >= 15 is 0 Å². The van der Waals surface area contributed by atoms with Crippen LogP contribution in [-0.4, -0.2) is 39.7 Å². The Labute approximate surface area is 140 Å². The molecule has 0 aliphatic rings. The van der Waals surface area contributed by atoms with Gasteiger partial charge in [0.1, 0.15) is 5.75 Å². The summed E-state index contributed by atoms with van der Waals surface area (Å²) in [6.45, 7) is 0.106. The van der Waals surface area contributed by atoms with Gasteiger partial charge in [0, 0.05) is 16.1 Å². The average molecular weight is 366 g/mol. The van der Waals surface area contributed by atoms with Crippen LogP contribution in [0.4, 0.5) is 0 Å². The van der Waals surface area contributed by atoms with E-state index in [2.05, 4.69) is 0 Å². The van der Waals surface area contributed by atoms with E-state index in [1.54, 1.807) is 0 Å². The first-order valence-electron chi connectivity index (χ1n) is 6.17. The number of carboxylic acid groups (broad SMARTS) is 3. The topological polar surface area (TPSA) is 138 Å². The third-order valence-electron chi connectivity index (χ3n) is 3.34. The summed E-state index contributed by atoms with van der Waals surface area (Å²) in [5, 5.41) is 30.7. The van der Waals surface area contributed by atoms with Crippen molar-refractivity contribution in [2.24, 2.45) is 0 Å². The van der Waals surface area contributed by atoms with Crippen LogP contribution < -0.4 is 4.74 Å². The summed E-state index contributed by atoms with van der Waals surface area (Å²) in [6, 6.07) is 0.